The number of methoxy groups -OCH3 is 1. The van der Waals surface area contributed by atoms with Crippen LogP contribution in [0.3, 0.4) is 0 Å². The highest BCUT2D eigenvalue weighted by molar-refractivity contribution is 5.96. The summed E-state index contributed by atoms with van der Waals surface area (Å²) in [5.41, 5.74) is 2.64. The topological polar surface area (TPSA) is 81.7 Å². The number of nitrogens with one attached hydrogen (secondary N) is 1. The second-order valence-electron chi connectivity index (χ2n) is 7.36. The summed E-state index contributed by atoms with van der Waals surface area (Å²) in [6, 6.07) is 13.9. The van der Waals surface area contributed by atoms with Gasteiger partial charge in [0.05, 0.1) is 12.7 Å². The van der Waals surface area contributed by atoms with E-state index in [0.29, 0.717) is 16.7 Å². The number of benzene rings is 2. The van der Waals surface area contributed by atoms with Gasteiger partial charge in [-0.3, -0.25) is 9.59 Å². The molecule has 148 valence electrons. The zero-order valence-corrected chi connectivity index (χ0v) is 16.6. The molecule has 0 heterocycles. The van der Waals surface area contributed by atoms with E-state index < -0.39 is 11.9 Å². The average molecular weight is 383 g/mol. The summed E-state index contributed by atoms with van der Waals surface area (Å²) in [5.74, 6) is -1.37. The van der Waals surface area contributed by atoms with Crippen LogP contribution in [0.1, 0.15) is 52.6 Å². The van der Waals surface area contributed by atoms with Crippen molar-refractivity contribution in [3.63, 3.8) is 0 Å². The van der Waals surface area contributed by atoms with Crippen molar-refractivity contribution in [3.8, 4) is 0 Å². The number of hydrogen-bond donors (Lipinski definition) is 1. The van der Waals surface area contributed by atoms with E-state index in [-0.39, 0.29) is 24.5 Å². The van der Waals surface area contributed by atoms with Gasteiger partial charge in [-0.2, -0.15) is 0 Å². The molecule has 0 aliphatic rings. The van der Waals surface area contributed by atoms with Gasteiger partial charge in [-0.15, -0.1) is 0 Å². The van der Waals surface area contributed by atoms with Crippen LogP contribution in [0, 0.1) is 0 Å². The molecule has 0 fully saturated rings. The van der Waals surface area contributed by atoms with Crippen LogP contribution < -0.4 is 5.32 Å². The van der Waals surface area contributed by atoms with Crippen molar-refractivity contribution in [2.24, 2.45) is 0 Å². The molecule has 2 rings (SSSR count). The maximum atomic E-state index is 12.2. The lowest BCUT2D eigenvalue weighted by molar-refractivity contribution is -0.143. The first-order valence-corrected chi connectivity index (χ1v) is 8.92. The van der Waals surface area contributed by atoms with E-state index in [1.807, 2.05) is 12.1 Å². The zero-order chi connectivity index (χ0) is 20.7. The van der Waals surface area contributed by atoms with E-state index in [1.54, 1.807) is 36.4 Å². The highest BCUT2D eigenvalue weighted by Crippen LogP contribution is 2.22. The number of ether oxygens (including phenoxy) is 2. The quantitative estimate of drug-likeness (QED) is 0.775. The molecule has 0 aromatic heterocycles. The molecule has 0 atom stereocenters. The fraction of sp³-hybridized carbons (Fsp3) is 0.318. The van der Waals surface area contributed by atoms with E-state index in [4.69, 9.17) is 4.74 Å². The minimum Gasteiger partial charge on any atom is -0.465 e. The zero-order valence-electron chi connectivity index (χ0n) is 16.6. The van der Waals surface area contributed by atoms with Crippen molar-refractivity contribution >= 4 is 17.8 Å². The molecule has 0 saturated heterocycles. The summed E-state index contributed by atoms with van der Waals surface area (Å²) in [6.45, 7) is 6.05. The predicted octanol–water partition coefficient (Wildman–Crippen LogP) is 3.24. The van der Waals surface area contributed by atoms with Gasteiger partial charge >= 0.3 is 11.9 Å². The Morgan fingerprint density at radius 1 is 0.964 bits per heavy atom. The van der Waals surface area contributed by atoms with Crippen molar-refractivity contribution in [1.29, 1.82) is 0 Å². The first-order chi connectivity index (χ1) is 13.2. The molecule has 0 aliphatic heterocycles. The second kappa shape index (κ2) is 9.17. The molecule has 6 nitrogen and oxygen atoms in total. The highest BCUT2D eigenvalue weighted by atomic mass is 16.5. The van der Waals surface area contributed by atoms with Crippen molar-refractivity contribution < 1.29 is 23.9 Å². The number of carbonyl (C=O) groups excluding carboxylic acids is 3. The Bertz CT molecular complexity index is 850. The normalized spacial score (nSPS) is 10.9. The van der Waals surface area contributed by atoms with E-state index >= 15 is 0 Å². The van der Waals surface area contributed by atoms with Gasteiger partial charge in [-0.05, 0) is 40.8 Å². The summed E-state index contributed by atoms with van der Waals surface area (Å²) in [4.78, 5) is 35.6. The van der Waals surface area contributed by atoms with Crippen molar-refractivity contribution in [3.05, 3.63) is 70.8 Å². The SMILES string of the molecule is COC(=O)c1cccc(COC(=O)CNC(=O)c2ccc(C(C)(C)C)cc2)c1. The molecular weight excluding hydrogens is 358 g/mol. The third-order valence-corrected chi connectivity index (χ3v) is 4.15. The van der Waals surface area contributed by atoms with E-state index in [2.05, 4.69) is 30.8 Å². The second-order valence-corrected chi connectivity index (χ2v) is 7.36. The molecule has 2 aromatic carbocycles. The molecule has 0 aliphatic carbocycles. The Kier molecular flexibility index (Phi) is 6.93. The van der Waals surface area contributed by atoms with Crippen LogP contribution in [0.4, 0.5) is 0 Å². The van der Waals surface area contributed by atoms with Crippen LogP contribution in [-0.4, -0.2) is 31.5 Å². The highest BCUT2D eigenvalue weighted by Gasteiger charge is 2.15. The van der Waals surface area contributed by atoms with Crippen LogP contribution in [0.25, 0.3) is 0 Å². The monoisotopic (exact) mass is 383 g/mol. The van der Waals surface area contributed by atoms with E-state index in [1.165, 1.54) is 7.11 Å². The molecule has 6 heteroatoms. The number of hydrogen-bond acceptors (Lipinski definition) is 5. The summed E-state index contributed by atoms with van der Waals surface area (Å²) in [6.07, 6.45) is 0. The fourth-order valence-corrected chi connectivity index (χ4v) is 2.50. The van der Waals surface area contributed by atoms with Gasteiger partial charge in [0.15, 0.2) is 0 Å². The molecule has 1 N–H and O–H groups in total. The van der Waals surface area contributed by atoms with E-state index in [0.717, 1.165) is 5.56 Å². The van der Waals surface area contributed by atoms with Gasteiger partial charge in [0.2, 0.25) is 0 Å². The lowest BCUT2D eigenvalue weighted by Gasteiger charge is -2.19. The van der Waals surface area contributed by atoms with Gasteiger partial charge in [-0.1, -0.05) is 45.0 Å². The Hall–Kier alpha value is -3.15. The number of carbonyl (C=O) groups is 3. The van der Waals surface area contributed by atoms with Crippen LogP contribution in [0.2, 0.25) is 0 Å². The molecule has 0 unspecified atom stereocenters. The summed E-state index contributed by atoms with van der Waals surface area (Å²) in [7, 11) is 1.30. The van der Waals surface area contributed by atoms with Gasteiger partial charge in [-0.25, -0.2) is 4.79 Å². The van der Waals surface area contributed by atoms with Crippen molar-refractivity contribution in [2.45, 2.75) is 32.8 Å². The summed E-state index contributed by atoms with van der Waals surface area (Å²) < 4.78 is 9.80. The Labute approximate surface area is 164 Å². The fourth-order valence-electron chi connectivity index (χ4n) is 2.50. The minimum atomic E-state index is -0.567. The molecular formula is C22H25NO5. The standard InChI is InChI=1S/C22H25NO5/c1-22(2,3)18-10-8-16(9-11-18)20(25)23-13-19(24)28-14-15-6-5-7-17(12-15)21(26)27-4/h5-12H,13-14H2,1-4H3,(H,23,25). The molecule has 0 saturated carbocycles. The van der Waals surface area contributed by atoms with Crippen molar-refractivity contribution in [2.75, 3.05) is 13.7 Å². The number of amides is 1. The van der Waals surface area contributed by atoms with Crippen LogP contribution in [-0.2, 0) is 26.3 Å². The molecule has 0 bridgehead atoms. The average Bonchev–Trinajstić information content (AvgIpc) is 2.69. The maximum absolute atomic E-state index is 12.2. The Morgan fingerprint density at radius 3 is 2.25 bits per heavy atom. The van der Waals surface area contributed by atoms with Crippen LogP contribution >= 0.6 is 0 Å². The third kappa shape index (κ3) is 5.94. The summed E-state index contributed by atoms with van der Waals surface area (Å²) >= 11 is 0. The van der Waals surface area contributed by atoms with Gasteiger partial charge in [0, 0.05) is 5.56 Å². The Balaban J connectivity index is 1.84. The third-order valence-electron chi connectivity index (χ3n) is 4.15. The van der Waals surface area contributed by atoms with E-state index in [9.17, 15) is 14.4 Å². The predicted molar refractivity (Wildman–Crippen MR) is 105 cm³/mol. The van der Waals surface area contributed by atoms with Gasteiger partial charge in [0.25, 0.3) is 5.91 Å². The van der Waals surface area contributed by atoms with Crippen molar-refractivity contribution in [1.82, 2.24) is 5.32 Å². The lowest BCUT2D eigenvalue weighted by atomic mass is 9.87. The number of rotatable bonds is 6. The van der Waals surface area contributed by atoms with Crippen LogP contribution in [0.15, 0.2) is 48.5 Å². The smallest absolute Gasteiger partial charge is 0.337 e. The van der Waals surface area contributed by atoms with Crippen LogP contribution in [0.5, 0.6) is 0 Å². The number of esters is 2. The molecule has 0 radical (unpaired) electrons. The first-order valence-electron chi connectivity index (χ1n) is 8.92. The maximum Gasteiger partial charge on any atom is 0.337 e. The molecule has 2 aromatic rings. The molecule has 0 spiro atoms. The largest absolute Gasteiger partial charge is 0.465 e. The summed E-state index contributed by atoms with van der Waals surface area (Å²) in [5, 5.41) is 2.54. The van der Waals surface area contributed by atoms with Gasteiger partial charge in [0.1, 0.15) is 13.2 Å². The lowest BCUT2D eigenvalue weighted by Crippen LogP contribution is -2.30. The van der Waals surface area contributed by atoms with Gasteiger partial charge < -0.3 is 14.8 Å². The minimum absolute atomic E-state index is 0.000181. The first kappa shape index (κ1) is 21.2. The molecule has 28 heavy (non-hydrogen) atoms. The Morgan fingerprint density at radius 2 is 1.64 bits per heavy atom. The molecule has 1 amide bonds.